The zero-order valence-corrected chi connectivity index (χ0v) is 14.5. The molecule has 1 aromatic rings. The van der Waals surface area contributed by atoms with Crippen LogP contribution in [0, 0.1) is 0 Å². The molecule has 24 heavy (non-hydrogen) atoms. The van der Waals surface area contributed by atoms with Gasteiger partial charge in [0.1, 0.15) is 11.8 Å². The van der Waals surface area contributed by atoms with Gasteiger partial charge in [0.2, 0.25) is 5.91 Å². The van der Waals surface area contributed by atoms with Gasteiger partial charge in [-0.05, 0) is 30.5 Å². The van der Waals surface area contributed by atoms with Crippen LogP contribution in [-0.2, 0) is 4.79 Å². The van der Waals surface area contributed by atoms with Gasteiger partial charge >= 0.3 is 0 Å². The van der Waals surface area contributed by atoms with Crippen LogP contribution >= 0.6 is 0 Å². The molecule has 1 aromatic carbocycles. The molecule has 3 atom stereocenters. The highest BCUT2D eigenvalue weighted by atomic mass is 16.5. The zero-order valence-electron chi connectivity index (χ0n) is 14.5. The van der Waals surface area contributed by atoms with Crippen molar-refractivity contribution in [3.8, 4) is 5.75 Å². The molecule has 0 radical (unpaired) electrons. The maximum absolute atomic E-state index is 12.9. The molecule has 1 amide bonds. The lowest BCUT2D eigenvalue weighted by Crippen LogP contribution is -2.47. The molecule has 2 aliphatic heterocycles. The number of hydrazine groups is 1. The van der Waals surface area contributed by atoms with Crippen molar-refractivity contribution >= 4 is 5.91 Å². The lowest BCUT2D eigenvalue weighted by molar-refractivity contribution is -0.133. The van der Waals surface area contributed by atoms with E-state index >= 15 is 0 Å². The van der Waals surface area contributed by atoms with Crippen LogP contribution in [0.3, 0.4) is 0 Å². The van der Waals surface area contributed by atoms with Crippen molar-refractivity contribution in [2.75, 3.05) is 13.7 Å². The number of nitrogens with one attached hydrogen (secondary N) is 2. The summed E-state index contributed by atoms with van der Waals surface area (Å²) in [7, 11) is 1.66. The predicted molar refractivity (Wildman–Crippen MR) is 94.6 cm³/mol. The summed E-state index contributed by atoms with van der Waals surface area (Å²) in [6.45, 7) is 2.92. The van der Waals surface area contributed by atoms with Gasteiger partial charge in [0.05, 0.1) is 13.2 Å². The molecule has 130 valence electrons. The Kier molecular flexibility index (Phi) is 5.53. The van der Waals surface area contributed by atoms with E-state index in [1.165, 1.54) is 5.56 Å². The van der Waals surface area contributed by atoms with Crippen molar-refractivity contribution < 1.29 is 9.53 Å². The van der Waals surface area contributed by atoms with Gasteiger partial charge in [-0.25, -0.2) is 10.9 Å². The van der Waals surface area contributed by atoms with Crippen molar-refractivity contribution in [1.29, 1.82) is 0 Å². The quantitative estimate of drug-likeness (QED) is 0.788. The molecule has 0 spiro atoms. The summed E-state index contributed by atoms with van der Waals surface area (Å²) in [4.78, 5) is 14.9. The molecule has 5 nitrogen and oxygen atoms in total. The molecule has 0 aromatic heterocycles. The predicted octanol–water partition coefficient (Wildman–Crippen LogP) is 2.56. The van der Waals surface area contributed by atoms with Gasteiger partial charge in [-0.1, -0.05) is 44.1 Å². The Morgan fingerprint density at radius 1 is 1.29 bits per heavy atom. The van der Waals surface area contributed by atoms with E-state index in [2.05, 4.69) is 29.9 Å². The Morgan fingerprint density at radius 2 is 2.08 bits per heavy atom. The third-order valence-electron chi connectivity index (χ3n) is 4.92. The van der Waals surface area contributed by atoms with Gasteiger partial charge in [0.15, 0.2) is 0 Å². The number of carbonyl (C=O) groups excluding carboxylic acids is 1. The number of amides is 1. The summed E-state index contributed by atoms with van der Waals surface area (Å²) in [5, 5.41) is 0. The molecule has 2 heterocycles. The van der Waals surface area contributed by atoms with E-state index < -0.39 is 0 Å². The van der Waals surface area contributed by atoms with Crippen LogP contribution in [0.25, 0.3) is 0 Å². The van der Waals surface area contributed by atoms with E-state index in [1.54, 1.807) is 7.11 Å². The molecule has 1 saturated heterocycles. The molecule has 2 N–H and O–H groups in total. The number of unbranched alkanes of at least 4 members (excludes halogenated alkanes) is 1. The topological polar surface area (TPSA) is 53.6 Å². The number of carbonyl (C=O) groups is 1. The molecular weight excluding hydrogens is 302 g/mol. The third kappa shape index (κ3) is 3.62. The summed E-state index contributed by atoms with van der Waals surface area (Å²) in [6, 6.07) is 8.25. The summed E-state index contributed by atoms with van der Waals surface area (Å²) in [6.07, 6.45) is 8.43. The fourth-order valence-corrected chi connectivity index (χ4v) is 3.46. The van der Waals surface area contributed by atoms with Crippen molar-refractivity contribution in [2.24, 2.45) is 0 Å². The second kappa shape index (κ2) is 7.81. The van der Waals surface area contributed by atoms with Crippen LogP contribution < -0.4 is 15.6 Å². The molecule has 0 bridgehead atoms. The Hall–Kier alpha value is -1.85. The summed E-state index contributed by atoms with van der Waals surface area (Å²) < 4.78 is 5.20. The first-order valence-electron chi connectivity index (χ1n) is 8.85. The Morgan fingerprint density at radius 3 is 2.79 bits per heavy atom. The number of rotatable bonds is 6. The molecular formula is C19H27N3O2. The second-order valence-electron chi connectivity index (χ2n) is 6.53. The average molecular weight is 329 g/mol. The maximum atomic E-state index is 12.9. The standard InChI is InChI=1S/C19H27N3O2/c1-3-4-6-15-7-5-12-22(15)19(23)18-13-17(20-21-18)14-8-10-16(24-2)11-9-14/h5,7-11,15,17-18,20-21H,3-4,6,12-13H2,1-2H3. The highest BCUT2D eigenvalue weighted by Crippen LogP contribution is 2.26. The van der Waals surface area contributed by atoms with Crippen molar-refractivity contribution in [3.63, 3.8) is 0 Å². The van der Waals surface area contributed by atoms with Crippen LogP contribution in [0.1, 0.15) is 44.2 Å². The highest BCUT2D eigenvalue weighted by Gasteiger charge is 2.35. The van der Waals surface area contributed by atoms with Crippen molar-refractivity contribution in [2.45, 2.75) is 50.7 Å². The third-order valence-corrected chi connectivity index (χ3v) is 4.92. The monoisotopic (exact) mass is 329 g/mol. The van der Waals surface area contributed by atoms with Crippen molar-refractivity contribution in [1.82, 2.24) is 15.8 Å². The lowest BCUT2D eigenvalue weighted by Gasteiger charge is -2.27. The van der Waals surface area contributed by atoms with Crippen LogP contribution in [0.15, 0.2) is 36.4 Å². The number of nitrogens with zero attached hydrogens (tertiary/aromatic N) is 1. The second-order valence-corrected chi connectivity index (χ2v) is 6.53. The van der Waals surface area contributed by atoms with Gasteiger partial charge in [-0.2, -0.15) is 0 Å². The van der Waals surface area contributed by atoms with E-state index in [1.807, 2.05) is 29.2 Å². The summed E-state index contributed by atoms with van der Waals surface area (Å²) in [5.74, 6) is 1.05. The number of benzene rings is 1. The number of ether oxygens (including phenoxy) is 1. The largest absolute Gasteiger partial charge is 0.497 e. The van der Waals surface area contributed by atoms with Crippen LogP contribution in [0.4, 0.5) is 0 Å². The van der Waals surface area contributed by atoms with Gasteiger partial charge in [-0.15, -0.1) is 0 Å². The summed E-state index contributed by atoms with van der Waals surface area (Å²) >= 11 is 0. The summed E-state index contributed by atoms with van der Waals surface area (Å²) in [5.41, 5.74) is 7.62. The van der Waals surface area contributed by atoms with E-state index in [0.29, 0.717) is 0 Å². The van der Waals surface area contributed by atoms with Crippen LogP contribution in [0.5, 0.6) is 5.75 Å². The molecule has 0 aliphatic carbocycles. The molecule has 5 heteroatoms. The van der Waals surface area contributed by atoms with Gasteiger partial charge < -0.3 is 9.64 Å². The van der Waals surface area contributed by atoms with E-state index in [4.69, 9.17) is 4.74 Å². The van der Waals surface area contributed by atoms with E-state index in [9.17, 15) is 4.79 Å². The Labute approximate surface area is 144 Å². The first-order valence-corrected chi connectivity index (χ1v) is 8.85. The minimum absolute atomic E-state index is 0.148. The average Bonchev–Trinajstić information content (AvgIpc) is 3.29. The fourth-order valence-electron chi connectivity index (χ4n) is 3.46. The molecule has 3 rings (SSSR count). The Balaban J connectivity index is 1.59. The minimum atomic E-state index is -0.166. The lowest BCUT2D eigenvalue weighted by atomic mass is 10.0. The fraction of sp³-hybridized carbons (Fsp3) is 0.526. The number of methoxy groups -OCH3 is 1. The maximum Gasteiger partial charge on any atom is 0.241 e. The van der Waals surface area contributed by atoms with Crippen molar-refractivity contribution in [3.05, 3.63) is 42.0 Å². The first kappa shape index (κ1) is 17.0. The molecule has 1 fully saturated rings. The smallest absolute Gasteiger partial charge is 0.241 e. The van der Waals surface area contributed by atoms with E-state index in [-0.39, 0.29) is 24.0 Å². The van der Waals surface area contributed by atoms with Gasteiger partial charge in [0.25, 0.3) is 0 Å². The highest BCUT2D eigenvalue weighted by molar-refractivity contribution is 5.83. The molecule has 3 unspecified atom stereocenters. The SMILES string of the molecule is CCCCC1C=CCN1C(=O)C1CC(c2ccc(OC)cc2)NN1. The normalized spacial score (nSPS) is 26.1. The molecule has 2 aliphatic rings. The van der Waals surface area contributed by atoms with E-state index in [0.717, 1.165) is 38.0 Å². The minimum Gasteiger partial charge on any atom is -0.497 e. The van der Waals surface area contributed by atoms with Crippen LogP contribution in [-0.4, -0.2) is 36.5 Å². The Bertz CT molecular complexity index is 585. The zero-order chi connectivity index (χ0) is 16.9. The first-order chi connectivity index (χ1) is 11.7. The van der Waals surface area contributed by atoms with Gasteiger partial charge in [-0.3, -0.25) is 4.79 Å². The molecule has 0 saturated carbocycles. The van der Waals surface area contributed by atoms with Gasteiger partial charge in [0, 0.05) is 12.6 Å². The number of hydrogen-bond donors (Lipinski definition) is 2. The number of hydrogen-bond acceptors (Lipinski definition) is 4. The van der Waals surface area contributed by atoms with Crippen LogP contribution in [0.2, 0.25) is 0 Å².